The van der Waals surface area contributed by atoms with Gasteiger partial charge in [0, 0.05) is 19.3 Å². The van der Waals surface area contributed by atoms with Crippen molar-refractivity contribution in [3.05, 3.63) is 33.1 Å². The first-order chi connectivity index (χ1) is 9.97. The third kappa shape index (κ3) is 3.46. The lowest BCUT2D eigenvalue weighted by molar-refractivity contribution is -0.385. The van der Waals surface area contributed by atoms with Crippen molar-refractivity contribution < 1.29 is 19.6 Å². The Kier molecular flexibility index (Phi) is 4.71. The first kappa shape index (κ1) is 15.6. The molecule has 114 valence electrons. The minimum Gasteiger partial charge on any atom is -0.394 e. The van der Waals surface area contributed by atoms with Gasteiger partial charge >= 0.3 is 0 Å². The van der Waals surface area contributed by atoms with E-state index in [1.54, 1.807) is 0 Å². The molecule has 0 atom stereocenters. The lowest BCUT2D eigenvalue weighted by Gasteiger charge is -2.36. The summed E-state index contributed by atoms with van der Waals surface area (Å²) in [5.41, 5.74) is -1.22. The average Bonchev–Trinajstić information content (AvgIpc) is 2.48. The zero-order valence-electron chi connectivity index (χ0n) is 11.0. The van der Waals surface area contributed by atoms with Gasteiger partial charge in [-0.05, 0) is 12.8 Å². The number of aliphatic hydroxyl groups is 1. The Hall–Kier alpha value is -1.77. The molecule has 1 fully saturated rings. The van der Waals surface area contributed by atoms with Crippen molar-refractivity contribution in [2.75, 3.05) is 19.8 Å². The molecule has 2 N–H and O–H groups in total. The molecule has 0 spiro atoms. The summed E-state index contributed by atoms with van der Waals surface area (Å²) in [6.07, 6.45) is 1.89. The van der Waals surface area contributed by atoms with Crippen molar-refractivity contribution in [2.45, 2.75) is 18.4 Å². The third-order valence-corrected chi connectivity index (χ3v) is 3.71. The number of hydrogen-bond donors (Lipinski definition) is 2. The molecule has 1 aliphatic rings. The molecular weight excluding hydrogens is 302 g/mol. The normalized spacial score (nSPS) is 17.2. The highest BCUT2D eigenvalue weighted by atomic mass is 35.5. The zero-order valence-corrected chi connectivity index (χ0v) is 11.8. The lowest BCUT2D eigenvalue weighted by atomic mass is 9.90. The zero-order chi connectivity index (χ0) is 15.5. The monoisotopic (exact) mass is 315 g/mol. The van der Waals surface area contributed by atoms with E-state index in [1.807, 2.05) is 0 Å². The lowest BCUT2D eigenvalue weighted by Crippen LogP contribution is -2.54. The second-order valence-electron chi connectivity index (χ2n) is 4.79. The van der Waals surface area contributed by atoms with Crippen LogP contribution >= 0.6 is 11.6 Å². The molecule has 0 bridgehead atoms. The van der Waals surface area contributed by atoms with Gasteiger partial charge in [0.05, 0.1) is 22.6 Å². The third-order valence-electron chi connectivity index (χ3n) is 3.41. The quantitative estimate of drug-likeness (QED) is 0.485. The molecule has 0 aromatic carbocycles. The van der Waals surface area contributed by atoms with Gasteiger partial charge in [-0.25, -0.2) is 4.98 Å². The van der Waals surface area contributed by atoms with Crippen LogP contribution < -0.4 is 5.32 Å². The number of ether oxygens (including phenoxy) is 1. The number of aromatic nitrogens is 1. The van der Waals surface area contributed by atoms with Gasteiger partial charge < -0.3 is 15.2 Å². The second-order valence-corrected chi connectivity index (χ2v) is 5.15. The molecular formula is C12H14ClN3O5. The van der Waals surface area contributed by atoms with E-state index >= 15 is 0 Å². The Morgan fingerprint density at radius 2 is 2.24 bits per heavy atom. The van der Waals surface area contributed by atoms with E-state index in [2.05, 4.69) is 10.3 Å². The fourth-order valence-electron chi connectivity index (χ4n) is 2.09. The molecule has 0 aliphatic carbocycles. The van der Waals surface area contributed by atoms with Crippen LogP contribution in [-0.2, 0) is 4.74 Å². The minimum atomic E-state index is -0.802. The Morgan fingerprint density at radius 3 is 2.81 bits per heavy atom. The molecule has 0 unspecified atom stereocenters. The maximum atomic E-state index is 12.3. The molecule has 1 aromatic heterocycles. The number of pyridine rings is 1. The van der Waals surface area contributed by atoms with Gasteiger partial charge in [0.2, 0.25) is 0 Å². The number of nitrogens with zero attached hydrogens (tertiary/aromatic N) is 2. The van der Waals surface area contributed by atoms with Crippen LogP contribution in [-0.4, -0.2) is 46.3 Å². The summed E-state index contributed by atoms with van der Waals surface area (Å²) in [5.74, 6) is -0.604. The summed E-state index contributed by atoms with van der Waals surface area (Å²) in [7, 11) is 0. The van der Waals surface area contributed by atoms with Gasteiger partial charge in [-0.15, -0.1) is 0 Å². The van der Waals surface area contributed by atoms with Crippen molar-refractivity contribution in [1.29, 1.82) is 0 Å². The van der Waals surface area contributed by atoms with Gasteiger partial charge in [-0.3, -0.25) is 14.9 Å². The highest BCUT2D eigenvalue weighted by Crippen LogP contribution is 2.23. The van der Waals surface area contributed by atoms with Crippen LogP contribution in [0.2, 0.25) is 5.15 Å². The molecule has 1 saturated heterocycles. The Balaban J connectivity index is 2.23. The minimum absolute atomic E-state index is 0.0924. The molecule has 0 saturated carbocycles. The number of halogens is 1. The van der Waals surface area contributed by atoms with Gasteiger partial charge in [0.25, 0.3) is 11.6 Å². The number of rotatable bonds is 4. The van der Waals surface area contributed by atoms with Crippen molar-refractivity contribution in [2.24, 2.45) is 0 Å². The fourth-order valence-corrected chi connectivity index (χ4v) is 2.28. The van der Waals surface area contributed by atoms with E-state index in [9.17, 15) is 20.0 Å². The fraction of sp³-hybridized carbons (Fsp3) is 0.500. The SMILES string of the molecule is O=C(NC1(CO)CCOCC1)c1cc([N+](=O)[O-])cnc1Cl. The molecule has 1 amide bonds. The second kappa shape index (κ2) is 6.33. The number of carbonyl (C=O) groups excluding carboxylic acids is 1. The molecule has 0 radical (unpaired) electrons. The van der Waals surface area contributed by atoms with E-state index in [4.69, 9.17) is 16.3 Å². The van der Waals surface area contributed by atoms with Crippen LogP contribution in [0.4, 0.5) is 5.69 Å². The Bertz CT molecular complexity index is 560. The first-order valence-corrected chi connectivity index (χ1v) is 6.66. The van der Waals surface area contributed by atoms with E-state index in [-0.39, 0.29) is 23.0 Å². The summed E-state index contributed by atoms with van der Waals surface area (Å²) >= 11 is 5.82. The number of amides is 1. The molecule has 8 nitrogen and oxygen atoms in total. The van der Waals surface area contributed by atoms with E-state index < -0.39 is 16.4 Å². The smallest absolute Gasteiger partial charge is 0.288 e. The highest BCUT2D eigenvalue weighted by molar-refractivity contribution is 6.32. The number of hydrogen-bond acceptors (Lipinski definition) is 6. The van der Waals surface area contributed by atoms with Crippen molar-refractivity contribution in [3.8, 4) is 0 Å². The predicted molar refractivity (Wildman–Crippen MR) is 73.2 cm³/mol. The van der Waals surface area contributed by atoms with E-state index in [1.165, 1.54) is 0 Å². The summed E-state index contributed by atoms with van der Waals surface area (Å²) in [4.78, 5) is 26.0. The van der Waals surface area contributed by atoms with E-state index in [0.717, 1.165) is 12.3 Å². The Labute approximate surface area is 125 Å². The molecule has 2 heterocycles. The molecule has 9 heteroatoms. The number of carbonyl (C=O) groups is 1. The summed E-state index contributed by atoms with van der Waals surface area (Å²) in [6, 6.07) is 1.06. The van der Waals surface area contributed by atoms with Crippen molar-refractivity contribution in [1.82, 2.24) is 10.3 Å². The van der Waals surface area contributed by atoms with Crippen LogP contribution in [0.25, 0.3) is 0 Å². The van der Waals surface area contributed by atoms with Gasteiger partial charge in [-0.2, -0.15) is 0 Å². The van der Waals surface area contributed by atoms with Crippen molar-refractivity contribution >= 4 is 23.2 Å². The Morgan fingerprint density at radius 1 is 1.57 bits per heavy atom. The molecule has 2 rings (SSSR count). The summed E-state index contributed by atoms with van der Waals surface area (Å²) in [6.45, 7) is 0.589. The highest BCUT2D eigenvalue weighted by Gasteiger charge is 2.34. The molecule has 1 aromatic rings. The van der Waals surface area contributed by atoms with Crippen LogP contribution in [0, 0.1) is 10.1 Å². The summed E-state index contributed by atoms with van der Waals surface area (Å²) in [5, 5.41) is 22.8. The number of nitro groups is 1. The topological polar surface area (TPSA) is 115 Å². The van der Waals surface area contributed by atoms with Crippen LogP contribution in [0.5, 0.6) is 0 Å². The van der Waals surface area contributed by atoms with Gasteiger partial charge in [0.1, 0.15) is 11.3 Å². The van der Waals surface area contributed by atoms with Gasteiger partial charge in [0.15, 0.2) is 0 Å². The van der Waals surface area contributed by atoms with E-state index in [0.29, 0.717) is 26.1 Å². The summed E-state index contributed by atoms with van der Waals surface area (Å²) < 4.78 is 5.20. The standard InChI is InChI=1S/C12H14ClN3O5/c13-10-9(5-8(6-14-10)16(19)20)11(18)15-12(7-17)1-3-21-4-2-12/h5-6,17H,1-4,7H2,(H,15,18). The number of aliphatic hydroxyl groups excluding tert-OH is 1. The van der Waals surface area contributed by atoms with Crippen molar-refractivity contribution in [3.63, 3.8) is 0 Å². The maximum Gasteiger partial charge on any atom is 0.288 e. The molecule has 1 aliphatic heterocycles. The predicted octanol–water partition coefficient (Wildman–Crippen LogP) is 0.914. The van der Waals surface area contributed by atoms with Crippen LogP contribution in [0.3, 0.4) is 0 Å². The maximum absolute atomic E-state index is 12.3. The van der Waals surface area contributed by atoms with Crippen LogP contribution in [0.15, 0.2) is 12.3 Å². The van der Waals surface area contributed by atoms with Gasteiger partial charge in [-0.1, -0.05) is 11.6 Å². The first-order valence-electron chi connectivity index (χ1n) is 6.28. The average molecular weight is 316 g/mol. The van der Waals surface area contributed by atoms with Crippen LogP contribution in [0.1, 0.15) is 23.2 Å². The number of nitrogens with one attached hydrogen (secondary N) is 1. The molecule has 21 heavy (non-hydrogen) atoms. The largest absolute Gasteiger partial charge is 0.394 e.